The molecular weight excluding hydrogens is 154 g/mol. The first kappa shape index (κ1) is 9.14. The molecule has 0 bridgehead atoms. The van der Waals surface area contributed by atoms with Gasteiger partial charge in [-0.25, -0.2) is 0 Å². The monoisotopic (exact) mass is 171 g/mol. The van der Waals surface area contributed by atoms with Gasteiger partial charge in [0.2, 0.25) is 0 Å². The van der Waals surface area contributed by atoms with Gasteiger partial charge in [-0.15, -0.1) is 0 Å². The minimum Gasteiger partial charge on any atom is -0.296 e. The van der Waals surface area contributed by atoms with E-state index in [4.69, 9.17) is 12.2 Å². The molecule has 0 aromatic carbocycles. The Morgan fingerprint density at radius 2 is 2.09 bits per heavy atom. The van der Waals surface area contributed by atoms with Crippen LogP contribution in [0.5, 0.6) is 0 Å². The average Bonchev–Trinajstić information content (AvgIpc) is 2.13. The van der Waals surface area contributed by atoms with Gasteiger partial charge in [0.15, 0.2) is 0 Å². The first-order chi connectivity index (χ1) is 5.20. The van der Waals surface area contributed by atoms with Crippen molar-refractivity contribution < 1.29 is 0 Å². The molecule has 1 heterocycles. The Morgan fingerprint density at radius 1 is 1.36 bits per heavy atom. The van der Waals surface area contributed by atoms with Gasteiger partial charge in [-0.2, -0.15) is 0 Å². The molecule has 11 heavy (non-hydrogen) atoms. The minimum absolute atomic E-state index is 0.658. The van der Waals surface area contributed by atoms with E-state index >= 15 is 0 Å². The third-order valence-electron chi connectivity index (χ3n) is 2.26. The van der Waals surface area contributed by atoms with Crippen LogP contribution in [-0.4, -0.2) is 28.9 Å². The molecule has 0 N–H and O–H groups in total. The molecule has 0 aromatic rings. The smallest absolute Gasteiger partial charge is 0.0300 e. The van der Waals surface area contributed by atoms with Gasteiger partial charge in [-0.3, -0.25) is 4.90 Å². The Bertz CT molecular complexity index is 142. The number of likely N-dealkylation sites (tertiary alicyclic amines) is 1. The van der Waals surface area contributed by atoms with Crippen molar-refractivity contribution in [3.63, 3.8) is 0 Å². The lowest BCUT2D eigenvalue weighted by Crippen LogP contribution is -2.34. The highest BCUT2D eigenvalue weighted by molar-refractivity contribution is 7.80. The van der Waals surface area contributed by atoms with E-state index in [2.05, 4.69) is 18.7 Å². The number of rotatable bonds is 1. The summed E-state index contributed by atoms with van der Waals surface area (Å²) in [6.07, 6.45) is 3.78. The van der Waals surface area contributed by atoms with E-state index in [-0.39, 0.29) is 0 Å². The van der Waals surface area contributed by atoms with E-state index in [9.17, 15) is 0 Å². The van der Waals surface area contributed by atoms with Gasteiger partial charge in [0.25, 0.3) is 0 Å². The molecule has 0 unspecified atom stereocenters. The Balaban J connectivity index is 2.45. The van der Waals surface area contributed by atoms with Crippen LogP contribution in [0.1, 0.15) is 33.1 Å². The highest BCUT2D eigenvalue weighted by Gasteiger charge is 2.14. The van der Waals surface area contributed by atoms with Gasteiger partial charge in [-0.1, -0.05) is 12.2 Å². The average molecular weight is 171 g/mol. The Kier molecular flexibility index (Phi) is 3.46. The molecule has 1 aliphatic rings. The van der Waals surface area contributed by atoms with Crippen LogP contribution in [0.4, 0.5) is 0 Å². The zero-order chi connectivity index (χ0) is 8.27. The van der Waals surface area contributed by atoms with Crippen molar-refractivity contribution in [2.75, 3.05) is 13.1 Å². The van der Waals surface area contributed by atoms with Gasteiger partial charge in [0, 0.05) is 17.5 Å². The van der Waals surface area contributed by atoms with Crippen LogP contribution in [-0.2, 0) is 0 Å². The van der Waals surface area contributed by atoms with Gasteiger partial charge in [0.1, 0.15) is 0 Å². The fourth-order valence-corrected chi connectivity index (χ4v) is 1.77. The van der Waals surface area contributed by atoms with Crippen molar-refractivity contribution in [2.45, 2.75) is 39.2 Å². The number of thiocarbonyl (C=S) groups is 1. The maximum Gasteiger partial charge on any atom is 0.0300 e. The summed E-state index contributed by atoms with van der Waals surface area (Å²) in [4.78, 5) is 3.71. The maximum absolute atomic E-state index is 5.25. The van der Waals surface area contributed by atoms with Crippen LogP contribution < -0.4 is 0 Å². The van der Waals surface area contributed by atoms with E-state index in [0.29, 0.717) is 6.04 Å². The Morgan fingerprint density at radius 3 is 2.73 bits per heavy atom. The largest absolute Gasteiger partial charge is 0.296 e. The molecule has 1 aliphatic heterocycles. The van der Waals surface area contributed by atoms with Crippen molar-refractivity contribution in [3.8, 4) is 0 Å². The highest BCUT2D eigenvalue weighted by atomic mass is 32.1. The van der Waals surface area contributed by atoms with E-state index in [0.717, 1.165) is 6.54 Å². The second-order valence-electron chi connectivity index (χ2n) is 3.56. The van der Waals surface area contributed by atoms with Crippen LogP contribution in [0.2, 0.25) is 0 Å². The molecule has 0 aromatic heterocycles. The summed E-state index contributed by atoms with van der Waals surface area (Å²) in [5, 5.41) is 0. The van der Waals surface area contributed by atoms with Crippen molar-refractivity contribution in [1.29, 1.82) is 0 Å². The van der Waals surface area contributed by atoms with E-state index < -0.39 is 0 Å². The molecule has 64 valence electrons. The summed E-state index contributed by atoms with van der Waals surface area (Å²) in [5.74, 6) is 0. The Labute approximate surface area is 74.8 Å². The van der Waals surface area contributed by atoms with Crippen LogP contribution in [0.15, 0.2) is 0 Å². The summed E-state index contributed by atoms with van der Waals surface area (Å²) in [6, 6.07) is 0.658. The van der Waals surface area contributed by atoms with Gasteiger partial charge < -0.3 is 0 Å². The van der Waals surface area contributed by atoms with Crippen LogP contribution in [0.3, 0.4) is 0 Å². The summed E-state index contributed by atoms with van der Waals surface area (Å²) >= 11 is 5.25. The van der Waals surface area contributed by atoms with Crippen molar-refractivity contribution in [1.82, 2.24) is 4.90 Å². The third kappa shape index (κ3) is 2.88. The summed E-state index contributed by atoms with van der Waals surface area (Å²) in [7, 11) is 0. The molecule has 0 amide bonds. The van der Waals surface area contributed by atoms with Gasteiger partial charge in [-0.05, 0) is 39.7 Å². The number of hydrogen-bond donors (Lipinski definition) is 0. The van der Waals surface area contributed by atoms with Crippen molar-refractivity contribution in [2.24, 2.45) is 0 Å². The van der Waals surface area contributed by atoms with E-state index in [1.807, 2.05) is 0 Å². The van der Waals surface area contributed by atoms with Gasteiger partial charge in [0.05, 0.1) is 0 Å². The highest BCUT2D eigenvalue weighted by Crippen LogP contribution is 2.10. The molecule has 0 spiro atoms. The topological polar surface area (TPSA) is 3.24 Å². The predicted octanol–water partition coefficient (Wildman–Crippen LogP) is 2.25. The van der Waals surface area contributed by atoms with Crippen LogP contribution in [0.25, 0.3) is 0 Å². The zero-order valence-electron chi connectivity index (χ0n) is 7.47. The molecule has 1 saturated heterocycles. The first-order valence-corrected chi connectivity index (χ1v) is 4.86. The lowest BCUT2D eigenvalue weighted by molar-refractivity contribution is 0.256. The molecular formula is C9H17NS. The predicted molar refractivity (Wildman–Crippen MR) is 53.2 cm³/mol. The Hall–Kier alpha value is 0.0500. The lowest BCUT2D eigenvalue weighted by Gasteiger charge is -2.23. The molecule has 1 nitrogen and oxygen atoms in total. The summed E-state index contributed by atoms with van der Waals surface area (Å²) in [5.41, 5.74) is 0. The second-order valence-corrected chi connectivity index (χ2v) is 4.14. The molecule has 0 atom stereocenters. The van der Waals surface area contributed by atoms with E-state index in [1.165, 1.54) is 30.7 Å². The zero-order valence-corrected chi connectivity index (χ0v) is 8.28. The first-order valence-electron chi connectivity index (χ1n) is 4.46. The number of hydrogen-bond acceptors (Lipinski definition) is 2. The van der Waals surface area contributed by atoms with E-state index in [1.54, 1.807) is 0 Å². The molecule has 0 saturated carbocycles. The number of nitrogens with zero attached hydrogens (tertiary/aromatic N) is 1. The quantitative estimate of drug-likeness (QED) is 0.557. The normalized spacial score (nSPS) is 22.3. The molecule has 2 heteroatoms. The van der Waals surface area contributed by atoms with Crippen molar-refractivity contribution in [3.05, 3.63) is 0 Å². The minimum atomic E-state index is 0.658. The second kappa shape index (κ2) is 4.17. The third-order valence-corrected chi connectivity index (χ3v) is 2.59. The fraction of sp³-hybridized carbons (Fsp3) is 0.889. The lowest BCUT2D eigenvalue weighted by atomic mass is 10.2. The van der Waals surface area contributed by atoms with Gasteiger partial charge >= 0.3 is 0 Å². The fourth-order valence-electron chi connectivity index (χ4n) is 1.46. The maximum atomic E-state index is 5.25. The van der Waals surface area contributed by atoms with Crippen LogP contribution >= 0.6 is 12.2 Å². The van der Waals surface area contributed by atoms with Crippen LogP contribution in [0, 0.1) is 0 Å². The molecule has 1 rings (SSSR count). The standard InChI is InChI=1S/C9H17NS/c1-8(2)10-6-4-3-5-9(11)7-10/h8H,3-7H2,1-2H3. The van der Waals surface area contributed by atoms with Crippen molar-refractivity contribution >= 4 is 17.1 Å². The summed E-state index contributed by atoms with van der Waals surface area (Å²) in [6.45, 7) is 6.77. The summed E-state index contributed by atoms with van der Waals surface area (Å²) < 4.78 is 0. The molecule has 1 fully saturated rings. The molecule has 0 aliphatic carbocycles. The molecule has 0 radical (unpaired) electrons. The SMILES string of the molecule is CC(C)N1CCCCC(=S)C1.